The van der Waals surface area contributed by atoms with Crippen LogP contribution in [0.4, 0.5) is 0 Å². The zero-order valence-corrected chi connectivity index (χ0v) is 14.7. The number of hydrogen-bond acceptors (Lipinski definition) is 3. The molecule has 1 fully saturated rings. The van der Waals surface area contributed by atoms with Crippen molar-refractivity contribution < 1.29 is 4.79 Å². The van der Waals surface area contributed by atoms with Crippen LogP contribution in [0, 0.1) is 6.92 Å². The van der Waals surface area contributed by atoms with Gasteiger partial charge >= 0.3 is 0 Å². The molecule has 3 rings (SSSR count). The number of aromatic amines is 1. The monoisotopic (exact) mass is 328 g/mol. The van der Waals surface area contributed by atoms with E-state index in [1.165, 1.54) is 12.8 Å². The van der Waals surface area contributed by atoms with E-state index in [2.05, 4.69) is 10.2 Å². The number of carbonyl (C=O) groups is 1. The first kappa shape index (κ1) is 16.5. The lowest BCUT2D eigenvalue weighted by molar-refractivity contribution is 0.0781. The Balaban J connectivity index is 1.81. The molecule has 2 aromatic rings. The number of rotatable bonds is 5. The highest BCUT2D eigenvalue weighted by Crippen LogP contribution is 2.39. The molecule has 0 atom stereocenters. The smallest absolute Gasteiger partial charge is 0.263 e. The van der Waals surface area contributed by atoms with E-state index in [1.807, 2.05) is 19.9 Å². The first-order valence-electron chi connectivity index (χ1n) is 8.41. The molecule has 0 radical (unpaired) electrons. The van der Waals surface area contributed by atoms with Crippen LogP contribution >= 0.6 is 0 Å². The number of aryl methyl sites for hydroxylation is 1. The molecule has 1 saturated carbocycles. The van der Waals surface area contributed by atoms with Gasteiger partial charge in [-0.1, -0.05) is 6.92 Å². The minimum atomic E-state index is -0.260. The molecule has 0 saturated heterocycles. The summed E-state index contributed by atoms with van der Waals surface area (Å²) in [7, 11) is 3.43. The van der Waals surface area contributed by atoms with E-state index in [9.17, 15) is 9.59 Å². The lowest BCUT2D eigenvalue weighted by atomic mass is 10.1. The molecular weight excluding hydrogens is 304 g/mol. The third kappa shape index (κ3) is 3.00. The van der Waals surface area contributed by atoms with Gasteiger partial charge in [0.1, 0.15) is 5.56 Å². The summed E-state index contributed by atoms with van der Waals surface area (Å²) in [6, 6.07) is 3.73. The Hall–Kier alpha value is -2.37. The highest BCUT2D eigenvalue weighted by atomic mass is 16.2. The Morgan fingerprint density at radius 1 is 1.42 bits per heavy atom. The van der Waals surface area contributed by atoms with Crippen LogP contribution in [0.15, 0.2) is 16.9 Å². The van der Waals surface area contributed by atoms with E-state index in [1.54, 1.807) is 29.6 Å². The van der Waals surface area contributed by atoms with Gasteiger partial charge in [-0.15, -0.1) is 0 Å². The van der Waals surface area contributed by atoms with Crippen molar-refractivity contribution in [2.75, 3.05) is 7.05 Å². The summed E-state index contributed by atoms with van der Waals surface area (Å²) < 4.78 is 1.58. The van der Waals surface area contributed by atoms with Gasteiger partial charge in [-0.05, 0) is 43.9 Å². The van der Waals surface area contributed by atoms with Crippen LogP contribution in [0.5, 0.6) is 0 Å². The highest BCUT2D eigenvalue weighted by molar-refractivity contribution is 5.93. The second-order valence-electron chi connectivity index (χ2n) is 6.66. The number of amides is 1. The van der Waals surface area contributed by atoms with Crippen LogP contribution in [0.25, 0.3) is 0 Å². The molecule has 24 heavy (non-hydrogen) atoms. The summed E-state index contributed by atoms with van der Waals surface area (Å²) >= 11 is 0. The molecule has 6 heteroatoms. The van der Waals surface area contributed by atoms with Crippen molar-refractivity contribution >= 4 is 5.91 Å². The molecule has 0 spiro atoms. The zero-order valence-electron chi connectivity index (χ0n) is 14.7. The molecule has 0 aromatic carbocycles. The van der Waals surface area contributed by atoms with Crippen molar-refractivity contribution in [2.24, 2.45) is 7.05 Å². The quantitative estimate of drug-likeness (QED) is 0.914. The minimum Gasteiger partial charge on any atom is -0.336 e. The molecule has 2 heterocycles. The van der Waals surface area contributed by atoms with Gasteiger partial charge < -0.3 is 9.47 Å². The van der Waals surface area contributed by atoms with Crippen LogP contribution in [-0.4, -0.2) is 32.6 Å². The molecule has 1 aliphatic carbocycles. The highest BCUT2D eigenvalue weighted by Gasteiger charge is 2.26. The first-order valence-corrected chi connectivity index (χ1v) is 8.41. The zero-order chi connectivity index (χ0) is 17.4. The second kappa shape index (κ2) is 6.26. The van der Waals surface area contributed by atoms with Crippen molar-refractivity contribution in [1.29, 1.82) is 0 Å². The Bertz CT molecular complexity index is 830. The Labute approximate surface area is 141 Å². The van der Waals surface area contributed by atoms with Crippen molar-refractivity contribution in [3.63, 3.8) is 0 Å². The van der Waals surface area contributed by atoms with E-state index in [0.717, 1.165) is 29.1 Å². The van der Waals surface area contributed by atoms with E-state index in [-0.39, 0.29) is 17.0 Å². The Kier molecular flexibility index (Phi) is 4.30. The third-order valence-electron chi connectivity index (χ3n) is 4.72. The van der Waals surface area contributed by atoms with Gasteiger partial charge in [-0.25, -0.2) is 0 Å². The topological polar surface area (TPSA) is 71.0 Å². The fourth-order valence-electron chi connectivity index (χ4n) is 3.18. The Morgan fingerprint density at radius 2 is 2.12 bits per heavy atom. The standard InChI is InChI=1S/C18H24N4O2/c1-5-16-11(2)8-14(18(24)22(16)4)17(23)21(3)10-13-9-15(20-19-13)12-6-7-12/h8-9,12H,5-7,10H2,1-4H3,(H,19,20). The number of H-pyrrole nitrogens is 1. The maximum atomic E-state index is 12.7. The molecular formula is C18H24N4O2. The summed E-state index contributed by atoms with van der Waals surface area (Å²) in [4.78, 5) is 26.8. The van der Waals surface area contributed by atoms with Gasteiger partial charge in [0.15, 0.2) is 0 Å². The van der Waals surface area contributed by atoms with Gasteiger partial charge in [0.25, 0.3) is 11.5 Å². The van der Waals surface area contributed by atoms with Gasteiger partial charge in [0, 0.05) is 25.7 Å². The normalized spacial score (nSPS) is 14.0. The van der Waals surface area contributed by atoms with Crippen LogP contribution in [0.2, 0.25) is 0 Å². The van der Waals surface area contributed by atoms with Crippen molar-refractivity contribution in [3.8, 4) is 0 Å². The van der Waals surface area contributed by atoms with E-state index in [4.69, 9.17) is 0 Å². The van der Waals surface area contributed by atoms with E-state index >= 15 is 0 Å². The Morgan fingerprint density at radius 3 is 2.75 bits per heavy atom. The molecule has 2 aromatic heterocycles. The van der Waals surface area contributed by atoms with Crippen LogP contribution in [0.1, 0.15) is 58.7 Å². The first-order chi connectivity index (χ1) is 11.4. The summed E-state index contributed by atoms with van der Waals surface area (Å²) in [5, 5.41) is 7.30. The summed E-state index contributed by atoms with van der Waals surface area (Å²) in [6.45, 7) is 4.35. The summed E-state index contributed by atoms with van der Waals surface area (Å²) in [5.41, 5.74) is 3.88. The van der Waals surface area contributed by atoms with Crippen LogP contribution in [-0.2, 0) is 20.0 Å². The van der Waals surface area contributed by atoms with Crippen molar-refractivity contribution in [2.45, 2.75) is 45.6 Å². The number of carbonyl (C=O) groups excluding carboxylic acids is 1. The lowest BCUT2D eigenvalue weighted by Crippen LogP contribution is -2.34. The molecule has 1 N–H and O–H groups in total. The fourth-order valence-corrected chi connectivity index (χ4v) is 3.18. The molecule has 6 nitrogen and oxygen atoms in total. The van der Waals surface area contributed by atoms with Crippen LogP contribution in [0.3, 0.4) is 0 Å². The average Bonchev–Trinajstić information content (AvgIpc) is 3.31. The second-order valence-corrected chi connectivity index (χ2v) is 6.66. The van der Waals surface area contributed by atoms with Gasteiger partial charge in [0.05, 0.1) is 17.9 Å². The number of aromatic nitrogens is 3. The van der Waals surface area contributed by atoms with Crippen LogP contribution < -0.4 is 5.56 Å². The predicted molar refractivity (Wildman–Crippen MR) is 92.2 cm³/mol. The minimum absolute atomic E-state index is 0.219. The number of nitrogens with zero attached hydrogens (tertiary/aromatic N) is 3. The van der Waals surface area contributed by atoms with Gasteiger partial charge in [0.2, 0.25) is 0 Å². The molecule has 0 unspecified atom stereocenters. The van der Waals surface area contributed by atoms with E-state index < -0.39 is 0 Å². The SMILES string of the molecule is CCc1c(C)cc(C(=O)N(C)Cc2cc(C3CC3)n[nH]2)c(=O)n1C. The predicted octanol–water partition coefficient (Wildman–Crippen LogP) is 2.13. The average molecular weight is 328 g/mol. The molecule has 128 valence electrons. The van der Waals surface area contributed by atoms with Crippen molar-refractivity contribution in [1.82, 2.24) is 19.7 Å². The molecule has 1 aliphatic rings. The third-order valence-corrected chi connectivity index (χ3v) is 4.72. The summed E-state index contributed by atoms with van der Waals surface area (Å²) in [6.07, 6.45) is 3.15. The maximum absolute atomic E-state index is 12.7. The van der Waals surface area contributed by atoms with Gasteiger partial charge in [-0.2, -0.15) is 5.10 Å². The number of nitrogens with one attached hydrogen (secondary N) is 1. The molecule has 0 aliphatic heterocycles. The molecule has 1 amide bonds. The maximum Gasteiger partial charge on any atom is 0.263 e. The summed E-state index contributed by atoms with van der Waals surface area (Å²) in [5.74, 6) is 0.316. The van der Waals surface area contributed by atoms with E-state index in [0.29, 0.717) is 12.5 Å². The largest absolute Gasteiger partial charge is 0.336 e. The van der Waals surface area contributed by atoms with Crippen molar-refractivity contribution in [3.05, 3.63) is 50.7 Å². The number of pyridine rings is 1. The van der Waals surface area contributed by atoms with Gasteiger partial charge in [-0.3, -0.25) is 14.7 Å². The number of hydrogen-bond donors (Lipinski definition) is 1. The lowest BCUT2D eigenvalue weighted by Gasteiger charge is -2.18. The molecule has 0 bridgehead atoms. The fraction of sp³-hybridized carbons (Fsp3) is 0.500.